The molecular weight excluding hydrogens is 284 g/mol. The maximum absolute atomic E-state index is 12.2. The average Bonchev–Trinajstić information content (AvgIpc) is 2.86. The van der Waals surface area contributed by atoms with Crippen LogP contribution in [-0.4, -0.2) is 22.9 Å². The number of carboxylic acids is 1. The Morgan fingerprint density at radius 1 is 1.09 bits per heavy atom. The van der Waals surface area contributed by atoms with Crippen LogP contribution in [0.2, 0.25) is 0 Å². The Kier molecular flexibility index (Phi) is 3.34. The van der Waals surface area contributed by atoms with Crippen LogP contribution in [0.5, 0.6) is 0 Å². The summed E-state index contributed by atoms with van der Waals surface area (Å²) in [5, 5.41) is 14.3. The van der Waals surface area contributed by atoms with Crippen molar-refractivity contribution in [2.45, 2.75) is 6.42 Å². The molecule has 110 valence electrons. The molecule has 3 N–H and O–H groups in total. The Hall–Kier alpha value is -3.15. The van der Waals surface area contributed by atoms with Gasteiger partial charge in [-0.1, -0.05) is 6.07 Å². The van der Waals surface area contributed by atoms with Crippen LogP contribution in [0.1, 0.15) is 26.3 Å². The molecule has 0 fully saturated rings. The number of carbonyl (C=O) groups excluding carboxylic acids is 2. The molecule has 0 aliphatic carbocycles. The number of fused-ring (bicyclic) bond motifs is 1. The molecule has 0 atom stereocenters. The molecule has 3 rings (SSSR count). The molecule has 0 saturated carbocycles. The predicted octanol–water partition coefficient (Wildman–Crippen LogP) is 2.13. The smallest absolute Gasteiger partial charge is 0.335 e. The summed E-state index contributed by atoms with van der Waals surface area (Å²) >= 11 is 0. The molecular formula is C16H12N2O4. The molecule has 0 bridgehead atoms. The summed E-state index contributed by atoms with van der Waals surface area (Å²) in [5.74, 6) is -1.51. The van der Waals surface area contributed by atoms with Gasteiger partial charge in [0.05, 0.1) is 12.0 Å². The van der Waals surface area contributed by atoms with Crippen molar-refractivity contribution in [3.63, 3.8) is 0 Å². The van der Waals surface area contributed by atoms with Crippen molar-refractivity contribution in [2.75, 3.05) is 10.6 Å². The number of amides is 2. The Balaban J connectivity index is 1.81. The van der Waals surface area contributed by atoms with E-state index in [2.05, 4.69) is 10.6 Å². The van der Waals surface area contributed by atoms with Crippen LogP contribution >= 0.6 is 0 Å². The number of hydrogen-bond donors (Lipinski definition) is 3. The average molecular weight is 296 g/mol. The van der Waals surface area contributed by atoms with Gasteiger partial charge in [0.15, 0.2) is 0 Å². The summed E-state index contributed by atoms with van der Waals surface area (Å²) in [7, 11) is 0. The van der Waals surface area contributed by atoms with Crippen LogP contribution in [0, 0.1) is 0 Å². The fourth-order valence-electron chi connectivity index (χ4n) is 2.30. The summed E-state index contributed by atoms with van der Waals surface area (Å²) in [4.78, 5) is 34.4. The zero-order chi connectivity index (χ0) is 15.7. The molecule has 0 saturated heterocycles. The molecule has 2 amide bonds. The quantitative estimate of drug-likeness (QED) is 0.808. The summed E-state index contributed by atoms with van der Waals surface area (Å²) in [6.07, 6.45) is 0.255. The number of carboxylic acid groups (broad SMARTS) is 1. The minimum Gasteiger partial charge on any atom is -0.478 e. The van der Waals surface area contributed by atoms with Gasteiger partial charge < -0.3 is 15.7 Å². The lowest BCUT2D eigenvalue weighted by Gasteiger charge is -2.07. The Labute approximate surface area is 125 Å². The zero-order valence-electron chi connectivity index (χ0n) is 11.4. The summed E-state index contributed by atoms with van der Waals surface area (Å²) < 4.78 is 0. The van der Waals surface area contributed by atoms with Gasteiger partial charge in [0.1, 0.15) is 0 Å². The second-order valence-electron chi connectivity index (χ2n) is 4.94. The van der Waals surface area contributed by atoms with Gasteiger partial charge in [-0.2, -0.15) is 0 Å². The number of carbonyl (C=O) groups is 3. The molecule has 2 aromatic rings. The molecule has 0 unspecified atom stereocenters. The van der Waals surface area contributed by atoms with Crippen molar-refractivity contribution in [1.29, 1.82) is 0 Å². The lowest BCUT2D eigenvalue weighted by Crippen LogP contribution is -2.12. The molecule has 1 aliphatic rings. The standard InChI is InChI=1S/C16H12N2O4/c19-14-8-11-6-9(4-5-13(11)18-14)15(20)17-12-3-1-2-10(7-12)16(21)22/h1-7H,8H2,(H,17,20)(H,18,19)(H,21,22). The summed E-state index contributed by atoms with van der Waals surface area (Å²) in [6.45, 7) is 0. The van der Waals surface area contributed by atoms with E-state index in [1.165, 1.54) is 12.1 Å². The number of benzene rings is 2. The van der Waals surface area contributed by atoms with E-state index in [4.69, 9.17) is 5.11 Å². The molecule has 2 aromatic carbocycles. The van der Waals surface area contributed by atoms with E-state index >= 15 is 0 Å². The minimum atomic E-state index is -1.06. The van der Waals surface area contributed by atoms with Crippen LogP contribution in [-0.2, 0) is 11.2 Å². The first-order valence-electron chi connectivity index (χ1n) is 6.60. The molecule has 0 spiro atoms. The highest BCUT2D eigenvalue weighted by molar-refractivity contribution is 6.06. The van der Waals surface area contributed by atoms with Crippen LogP contribution in [0.3, 0.4) is 0 Å². The molecule has 6 nitrogen and oxygen atoms in total. The SMILES string of the molecule is O=C1Cc2cc(C(=O)Nc3cccc(C(=O)O)c3)ccc2N1. The van der Waals surface area contributed by atoms with E-state index in [1.807, 2.05) is 0 Å². The Morgan fingerprint density at radius 2 is 1.91 bits per heavy atom. The van der Waals surface area contributed by atoms with E-state index in [-0.39, 0.29) is 23.8 Å². The molecule has 0 radical (unpaired) electrons. The van der Waals surface area contributed by atoms with Crippen LogP contribution < -0.4 is 10.6 Å². The van der Waals surface area contributed by atoms with Crippen LogP contribution in [0.15, 0.2) is 42.5 Å². The van der Waals surface area contributed by atoms with Crippen molar-refractivity contribution < 1.29 is 19.5 Å². The van der Waals surface area contributed by atoms with E-state index in [0.29, 0.717) is 11.3 Å². The highest BCUT2D eigenvalue weighted by Gasteiger charge is 2.19. The number of anilines is 2. The molecule has 0 aromatic heterocycles. The summed E-state index contributed by atoms with van der Waals surface area (Å²) in [6, 6.07) is 11.0. The lowest BCUT2D eigenvalue weighted by atomic mass is 10.1. The van der Waals surface area contributed by atoms with Crippen molar-refractivity contribution in [2.24, 2.45) is 0 Å². The predicted molar refractivity (Wildman–Crippen MR) is 80.1 cm³/mol. The van der Waals surface area contributed by atoms with Crippen LogP contribution in [0.25, 0.3) is 0 Å². The van der Waals surface area contributed by atoms with Gasteiger partial charge in [-0.15, -0.1) is 0 Å². The normalized spacial score (nSPS) is 12.5. The van der Waals surface area contributed by atoms with Crippen molar-refractivity contribution in [3.8, 4) is 0 Å². The van der Waals surface area contributed by atoms with Crippen molar-refractivity contribution in [1.82, 2.24) is 0 Å². The Bertz CT molecular complexity index is 798. The van der Waals surface area contributed by atoms with Gasteiger partial charge in [-0.25, -0.2) is 4.79 Å². The third kappa shape index (κ3) is 2.67. The first-order chi connectivity index (χ1) is 10.5. The topological polar surface area (TPSA) is 95.5 Å². The van der Waals surface area contributed by atoms with Gasteiger partial charge in [-0.05, 0) is 42.0 Å². The van der Waals surface area contributed by atoms with Gasteiger partial charge in [0, 0.05) is 16.9 Å². The molecule has 6 heteroatoms. The summed E-state index contributed by atoms with van der Waals surface area (Å²) in [5.41, 5.74) is 2.41. The van der Waals surface area contributed by atoms with Crippen molar-refractivity contribution in [3.05, 3.63) is 59.2 Å². The maximum Gasteiger partial charge on any atom is 0.335 e. The maximum atomic E-state index is 12.2. The highest BCUT2D eigenvalue weighted by Crippen LogP contribution is 2.24. The third-order valence-corrected chi connectivity index (χ3v) is 3.36. The molecule has 22 heavy (non-hydrogen) atoms. The largest absolute Gasteiger partial charge is 0.478 e. The van der Waals surface area contributed by atoms with Crippen LogP contribution in [0.4, 0.5) is 11.4 Å². The number of aromatic carboxylic acids is 1. The molecule has 1 aliphatic heterocycles. The van der Waals surface area contributed by atoms with E-state index < -0.39 is 5.97 Å². The number of nitrogens with one attached hydrogen (secondary N) is 2. The van der Waals surface area contributed by atoms with Crippen molar-refractivity contribution >= 4 is 29.2 Å². The minimum absolute atomic E-state index is 0.0956. The van der Waals surface area contributed by atoms with E-state index in [0.717, 1.165) is 11.3 Å². The fourth-order valence-corrected chi connectivity index (χ4v) is 2.30. The molecule has 1 heterocycles. The first kappa shape index (κ1) is 13.8. The van der Waals surface area contributed by atoms with E-state index in [1.54, 1.807) is 30.3 Å². The Morgan fingerprint density at radius 3 is 2.68 bits per heavy atom. The fraction of sp³-hybridized carbons (Fsp3) is 0.0625. The highest BCUT2D eigenvalue weighted by atomic mass is 16.4. The first-order valence-corrected chi connectivity index (χ1v) is 6.60. The second-order valence-corrected chi connectivity index (χ2v) is 4.94. The van der Waals surface area contributed by atoms with Gasteiger partial charge >= 0.3 is 5.97 Å². The second kappa shape index (κ2) is 5.33. The number of rotatable bonds is 3. The third-order valence-electron chi connectivity index (χ3n) is 3.36. The van der Waals surface area contributed by atoms with Gasteiger partial charge in [0.25, 0.3) is 5.91 Å². The lowest BCUT2D eigenvalue weighted by molar-refractivity contribution is -0.115. The zero-order valence-corrected chi connectivity index (χ0v) is 11.4. The number of hydrogen-bond acceptors (Lipinski definition) is 3. The van der Waals surface area contributed by atoms with Gasteiger partial charge in [0.2, 0.25) is 5.91 Å². The van der Waals surface area contributed by atoms with Gasteiger partial charge in [-0.3, -0.25) is 9.59 Å². The monoisotopic (exact) mass is 296 g/mol. The van der Waals surface area contributed by atoms with E-state index in [9.17, 15) is 14.4 Å².